The van der Waals surface area contributed by atoms with Crippen LogP contribution in [-0.4, -0.2) is 43.6 Å². The Morgan fingerprint density at radius 3 is 2.93 bits per heavy atom. The lowest BCUT2D eigenvalue weighted by Crippen LogP contribution is -2.36. The van der Waals surface area contributed by atoms with Gasteiger partial charge in [-0.3, -0.25) is 10.1 Å². The normalized spacial score (nSPS) is 22.6. The molecule has 0 radical (unpaired) electrons. The van der Waals surface area contributed by atoms with Crippen molar-refractivity contribution >= 4 is 17.9 Å². The third kappa shape index (κ3) is 4.49. The van der Waals surface area contributed by atoms with E-state index in [1.54, 1.807) is 24.0 Å². The van der Waals surface area contributed by atoms with Gasteiger partial charge in [-0.15, -0.1) is 5.10 Å². The van der Waals surface area contributed by atoms with E-state index in [4.69, 9.17) is 9.26 Å². The highest BCUT2D eigenvalue weighted by atomic mass is 16.6. The van der Waals surface area contributed by atoms with Crippen LogP contribution in [0.3, 0.4) is 0 Å². The van der Waals surface area contributed by atoms with Gasteiger partial charge in [0, 0.05) is 18.0 Å². The van der Waals surface area contributed by atoms with Crippen LogP contribution in [0.15, 0.2) is 16.9 Å². The highest BCUT2D eigenvalue weighted by molar-refractivity contribution is 5.90. The zero-order valence-electron chi connectivity index (χ0n) is 16.0. The summed E-state index contributed by atoms with van der Waals surface area (Å²) in [4.78, 5) is 28.2. The number of rotatable bonds is 6. The number of carbonyl (C=O) groups excluding carboxylic acids is 2. The van der Waals surface area contributed by atoms with Crippen LogP contribution < -0.4 is 10.6 Å². The molecule has 2 heterocycles. The molecular weight excluding hydrogens is 364 g/mol. The van der Waals surface area contributed by atoms with Crippen molar-refractivity contribution in [3.63, 3.8) is 0 Å². The number of hydrogen-bond donors (Lipinski definition) is 2. The maximum atomic E-state index is 12.1. The fourth-order valence-electron chi connectivity index (χ4n) is 3.34. The van der Waals surface area contributed by atoms with Crippen LogP contribution in [0.25, 0.3) is 0 Å². The second kappa shape index (κ2) is 7.25. The summed E-state index contributed by atoms with van der Waals surface area (Å²) in [7, 11) is 0. The van der Waals surface area contributed by atoms with E-state index < -0.39 is 0 Å². The van der Waals surface area contributed by atoms with E-state index in [0.717, 1.165) is 31.4 Å². The molecule has 2 amide bonds. The van der Waals surface area contributed by atoms with E-state index in [1.807, 2.05) is 6.92 Å². The molecule has 0 unspecified atom stereocenters. The second-order valence-electron chi connectivity index (χ2n) is 7.89. The molecule has 2 aliphatic rings. The van der Waals surface area contributed by atoms with Gasteiger partial charge in [-0.1, -0.05) is 5.16 Å². The summed E-state index contributed by atoms with van der Waals surface area (Å²) in [5, 5.41) is 13.6. The van der Waals surface area contributed by atoms with Crippen molar-refractivity contribution in [2.24, 2.45) is 0 Å². The van der Waals surface area contributed by atoms with Gasteiger partial charge >= 0.3 is 6.09 Å². The van der Waals surface area contributed by atoms with Crippen LogP contribution in [0.1, 0.15) is 56.5 Å². The molecule has 2 atom stereocenters. The van der Waals surface area contributed by atoms with Gasteiger partial charge < -0.3 is 14.6 Å². The third-order valence-corrected chi connectivity index (χ3v) is 5.18. The van der Waals surface area contributed by atoms with Crippen molar-refractivity contribution in [2.75, 3.05) is 5.32 Å². The molecule has 28 heavy (non-hydrogen) atoms. The molecule has 2 aromatic heterocycles. The molecule has 0 spiro atoms. The van der Waals surface area contributed by atoms with Crippen molar-refractivity contribution in [3.8, 4) is 0 Å². The maximum absolute atomic E-state index is 12.1. The first-order chi connectivity index (χ1) is 13.4. The Bertz CT molecular complexity index is 871. The van der Waals surface area contributed by atoms with Crippen LogP contribution in [-0.2, 0) is 16.0 Å². The number of ether oxygens (including phenoxy) is 1. The fraction of sp³-hybridized carbons (Fsp3) is 0.611. The first kappa shape index (κ1) is 18.5. The quantitative estimate of drug-likeness (QED) is 0.777. The third-order valence-electron chi connectivity index (χ3n) is 5.18. The van der Waals surface area contributed by atoms with E-state index in [1.165, 1.54) is 0 Å². The molecule has 0 bridgehead atoms. The van der Waals surface area contributed by atoms with Gasteiger partial charge in [0.15, 0.2) is 0 Å². The molecule has 0 aliphatic heterocycles. The smallest absolute Gasteiger partial charge is 0.407 e. The Morgan fingerprint density at radius 2 is 2.21 bits per heavy atom. The molecule has 0 saturated heterocycles. The second-order valence-corrected chi connectivity index (χ2v) is 7.89. The van der Waals surface area contributed by atoms with Crippen molar-refractivity contribution in [3.05, 3.63) is 23.8 Å². The van der Waals surface area contributed by atoms with Crippen LogP contribution in [0.2, 0.25) is 0 Å². The number of amides is 2. The van der Waals surface area contributed by atoms with E-state index in [2.05, 4.69) is 25.9 Å². The summed E-state index contributed by atoms with van der Waals surface area (Å²) in [5.41, 5.74) is 0.640. The van der Waals surface area contributed by atoms with Crippen molar-refractivity contribution in [1.82, 2.24) is 25.2 Å². The molecular formula is C18H24N6O4. The lowest BCUT2D eigenvalue weighted by atomic mass is 10.2. The van der Waals surface area contributed by atoms with Crippen molar-refractivity contribution < 1.29 is 18.8 Å². The molecule has 2 N–H and O–H groups in total. The topological polar surface area (TPSA) is 124 Å². The summed E-state index contributed by atoms with van der Waals surface area (Å²) < 4.78 is 12.3. The largest absolute Gasteiger partial charge is 0.446 e. The Labute approximate surface area is 162 Å². The number of carbonyl (C=O) groups is 2. The summed E-state index contributed by atoms with van der Waals surface area (Å²) in [6.45, 7) is 3.81. The average molecular weight is 388 g/mol. The molecule has 10 heteroatoms. The number of nitrogens with one attached hydrogen (secondary N) is 2. The van der Waals surface area contributed by atoms with Crippen LogP contribution in [0.5, 0.6) is 0 Å². The van der Waals surface area contributed by atoms with Crippen molar-refractivity contribution in [1.29, 1.82) is 0 Å². The zero-order valence-corrected chi connectivity index (χ0v) is 16.0. The molecule has 0 aromatic carbocycles. The number of hydrogen-bond acceptors (Lipinski definition) is 7. The minimum atomic E-state index is -0.347. The Balaban J connectivity index is 1.26. The van der Waals surface area contributed by atoms with E-state index in [9.17, 15) is 9.59 Å². The summed E-state index contributed by atoms with van der Waals surface area (Å²) in [6.07, 6.45) is 5.47. The minimum absolute atomic E-state index is 0.0722. The van der Waals surface area contributed by atoms with Crippen LogP contribution >= 0.6 is 0 Å². The van der Waals surface area contributed by atoms with Gasteiger partial charge in [0.1, 0.15) is 18.2 Å². The van der Waals surface area contributed by atoms with Crippen LogP contribution in [0, 0.1) is 6.92 Å². The number of aromatic nitrogens is 4. The average Bonchev–Trinajstić information content (AvgIpc) is 3.05. The molecule has 2 aliphatic carbocycles. The lowest BCUT2D eigenvalue weighted by Gasteiger charge is -2.16. The molecule has 2 fully saturated rings. The molecule has 2 aromatic rings. The Hall–Kier alpha value is -2.91. The van der Waals surface area contributed by atoms with Gasteiger partial charge in [0.25, 0.3) is 0 Å². The molecule has 2 saturated carbocycles. The van der Waals surface area contributed by atoms with Gasteiger partial charge in [0.2, 0.25) is 11.9 Å². The van der Waals surface area contributed by atoms with E-state index >= 15 is 0 Å². The van der Waals surface area contributed by atoms with Crippen LogP contribution in [0.4, 0.5) is 10.7 Å². The zero-order chi connectivity index (χ0) is 19.7. The molecule has 150 valence electrons. The highest BCUT2D eigenvalue weighted by Gasteiger charge is 2.40. The number of aryl methyl sites for hydroxylation is 1. The number of alkyl carbamates (subject to hydrolysis) is 1. The fourth-order valence-corrected chi connectivity index (χ4v) is 3.34. The maximum Gasteiger partial charge on any atom is 0.407 e. The first-order valence-corrected chi connectivity index (χ1v) is 9.50. The van der Waals surface area contributed by atoms with E-state index in [0.29, 0.717) is 12.2 Å². The highest BCUT2D eigenvalue weighted by Crippen LogP contribution is 2.35. The monoisotopic (exact) mass is 388 g/mol. The Morgan fingerprint density at radius 1 is 1.39 bits per heavy atom. The number of nitrogens with zero attached hydrogens (tertiary/aromatic N) is 4. The SMILES string of the molecule is Cc1cc(CC(=O)Nc2ncn([C@@H]3CC[C@H](OC(=O)NC4(C)CC4)C3)n2)on1. The lowest BCUT2D eigenvalue weighted by molar-refractivity contribution is -0.115. The molecule has 4 rings (SSSR count). The van der Waals surface area contributed by atoms with Crippen molar-refractivity contribution in [2.45, 2.75) is 70.1 Å². The minimum Gasteiger partial charge on any atom is -0.446 e. The van der Waals surface area contributed by atoms with Gasteiger partial charge in [0.05, 0.1) is 18.2 Å². The van der Waals surface area contributed by atoms with Gasteiger partial charge in [-0.2, -0.15) is 0 Å². The summed E-state index contributed by atoms with van der Waals surface area (Å²) in [5.74, 6) is 0.459. The molecule has 10 nitrogen and oxygen atoms in total. The number of anilines is 1. The Kier molecular flexibility index (Phi) is 4.78. The van der Waals surface area contributed by atoms with Gasteiger partial charge in [-0.25, -0.2) is 14.5 Å². The predicted octanol–water partition coefficient (Wildman–Crippen LogP) is 2.13. The van der Waals surface area contributed by atoms with E-state index in [-0.39, 0.29) is 42.1 Å². The standard InChI is InChI=1S/C18H24N6O4/c1-11-7-14(28-23-11)9-15(25)20-16-19-10-24(22-16)12-3-4-13(8-12)27-17(26)21-18(2)5-6-18/h7,10,12-13H,3-6,8-9H2,1-2H3,(H,21,26)(H,20,22,25)/t12-,13+/m1/s1. The first-order valence-electron chi connectivity index (χ1n) is 9.50. The summed E-state index contributed by atoms with van der Waals surface area (Å²) in [6, 6.07) is 1.80. The summed E-state index contributed by atoms with van der Waals surface area (Å²) >= 11 is 0. The van der Waals surface area contributed by atoms with Gasteiger partial charge in [-0.05, 0) is 39.5 Å². The predicted molar refractivity (Wildman–Crippen MR) is 97.5 cm³/mol.